The summed E-state index contributed by atoms with van der Waals surface area (Å²) in [6.45, 7) is 8.95. The molecule has 1 N–H and O–H groups in total. The summed E-state index contributed by atoms with van der Waals surface area (Å²) in [6.07, 6.45) is 2.55. The maximum absolute atomic E-state index is 12.9. The van der Waals surface area contributed by atoms with Gasteiger partial charge in [0.25, 0.3) is 5.69 Å². The van der Waals surface area contributed by atoms with E-state index in [1.807, 2.05) is 13.8 Å². The van der Waals surface area contributed by atoms with Crippen molar-refractivity contribution in [2.24, 2.45) is 5.92 Å². The number of non-ortho nitro benzene ring substituents is 1. The second kappa shape index (κ2) is 10.7. The summed E-state index contributed by atoms with van der Waals surface area (Å²) in [6, 6.07) is 6.55. The van der Waals surface area contributed by atoms with E-state index in [0.29, 0.717) is 29.6 Å². The number of nitrogens with zero attached hydrogens (tertiary/aromatic N) is 3. The molecule has 0 bridgehead atoms. The lowest BCUT2D eigenvalue weighted by Gasteiger charge is -2.35. The molecule has 188 valence electrons. The molecule has 1 aliphatic carbocycles. The minimum absolute atomic E-state index is 0.0745. The number of nitrogens with one attached hydrogen (secondary N) is 1. The summed E-state index contributed by atoms with van der Waals surface area (Å²) in [5.41, 5.74) is 2.57. The fourth-order valence-corrected chi connectivity index (χ4v) is 6.06. The Morgan fingerprint density at radius 2 is 1.89 bits per heavy atom. The topological polar surface area (TPSA) is 105 Å². The molecule has 10 heteroatoms. The smallest absolute Gasteiger partial charge is 0.341 e. The van der Waals surface area contributed by atoms with Gasteiger partial charge in [-0.25, -0.2) is 4.79 Å². The summed E-state index contributed by atoms with van der Waals surface area (Å²) in [7, 11) is 0. The molecule has 1 atom stereocenters. The molecular formula is C25H32N4O5S. The molecular weight excluding hydrogens is 468 g/mol. The number of thiophene rings is 1. The number of anilines is 2. The second-order valence-electron chi connectivity index (χ2n) is 9.59. The third-order valence-corrected chi connectivity index (χ3v) is 7.65. The quantitative estimate of drug-likeness (QED) is 0.347. The average Bonchev–Trinajstić information content (AvgIpc) is 3.15. The Labute approximate surface area is 209 Å². The van der Waals surface area contributed by atoms with Gasteiger partial charge in [-0.2, -0.15) is 0 Å². The molecule has 1 amide bonds. The maximum atomic E-state index is 12.9. The van der Waals surface area contributed by atoms with E-state index >= 15 is 0 Å². The molecule has 1 saturated heterocycles. The van der Waals surface area contributed by atoms with Crippen molar-refractivity contribution in [3.8, 4) is 0 Å². The fraction of sp³-hybridized carbons (Fsp3) is 0.520. The third kappa shape index (κ3) is 5.99. The van der Waals surface area contributed by atoms with E-state index < -0.39 is 4.92 Å². The fourth-order valence-electron chi connectivity index (χ4n) is 4.65. The van der Waals surface area contributed by atoms with Crippen molar-refractivity contribution in [2.45, 2.75) is 46.1 Å². The van der Waals surface area contributed by atoms with Crippen molar-refractivity contribution in [2.75, 3.05) is 42.9 Å². The van der Waals surface area contributed by atoms with Gasteiger partial charge < -0.3 is 15.0 Å². The van der Waals surface area contributed by atoms with Crippen LogP contribution in [0.3, 0.4) is 0 Å². The first kappa shape index (κ1) is 25.1. The van der Waals surface area contributed by atoms with E-state index in [1.54, 1.807) is 12.1 Å². The number of carbonyl (C=O) groups excluding carboxylic acids is 2. The van der Waals surface area contributed by atoms with Crippen LogP contribution < -0.4 is 10.2 Å². The number of hydrogen-bond acceptors (Lipinski definition) is 8. The monoisotopic (exact) mass is 500 g/mol. The third-order valence-electron chi connectivity index (χ3n) is 6.48. The molecule has 4 rings (SSSR count). The SMILES string of the molecule is CC(C)OC(=O)c1c(NC(=O)CN2CCN(c3ccc([N+](=O)[O-])cc3)CC2)sc2c1CC[C@H](C)C2. The van der Waals surface area contributed by atoms with Gasteiger partial charge in [-0.05, 0) is 56.7 Å². The Balaban J connectivity index is 1.37. The first-order valence-electron chi connectivity index (χ1n) is 12.1. The number of amides is 1. The van der Waals surface area contributed by atoms with Gasteiger partial charge in [-0.3, -0.25) is 19.8 Å². The van der Waals surface area contributed by atoms with Gasteiger partial charge in [-0.15, -0.1) is 11.3 Å². The van der Waals surface area contributed by atoms with Crippen molar-refractivity contribution < 1.29 is 19.2 Å². The highest BCUT2D eigenvalue weighted by Gasteiger charge is 2.30. The van der Waals surface area contributed by atoms with Gasteiger partial charge in [-0.1, -0.05) is 6.92 Å². The predicted octanol–water partition coefficient (Wildman–Crippen LogP) is 4.11. The van der Waals surface area contributed by atoms with Crippen LogP contribution in [0.25, 0.3) is 0 Å². The van der Waals surface area contributed by atoms with Gasteiger partial charge in [0, 0.05) is 48.9 Å². The Hall–Kier alpha value is -2.98. The number of esters is 1. The molecule has 9 nitrogen and oxygen atoms in total. The zero-order chi connectivity index (χ0) is 25.1. The van der Waals surface area contributed by atoms with Crippen molar-refractivity contribution in [3.63, 3.8) is 0 Å². The number of nitro benzene ring substituents is 1. The van der Waals surface area contributed by atoms with E-state index in [-0.39, 0.29) is 30.2 Å². The van der Waals surface area contributed by atoms with Gasteiger partial charge in [0.15, 0.2) is 0 Å². The van der Waals surface area contributed by atoms with Crippen molar-refractivity contribution >= 4 is 39.6 Å². The van der Waals surface area contributed by atoms with E-state index in [2.05, 4.69) is 22.0 Å². The molecule has 1 aliphatic heterocycles. The molecule has 1 aromatic heterocycles. The lowest BCUT2D eigenvalue weighted by Crippen LogP contribution is -2.48. The minimum Gasteiger partial charge on any atom is -0.459 e. The van der Waals surface area contributed by atoms with Gasteiger partial charge in [0.2, 0.25) is 5.91 Å². The average molecular weight is 501 g/mol. The number of ether oxygens (including phenoxy) is 1. The van der Waals surface area contributed by atoms with Crippen LogP contribution in [0.1, 0.15) is 48.0 Å². The molecule has 0 unspecified atom stereocenters. The zero-order valence-corrected chi connectivity index (χ0v) is 21.2. The van der Waals surface area contributed by atoms with Crippen molar-refractivity contribution in [3.05, 3.63) is 50.4 Å². The Morgan fingerprint density at radius 3 is 2.51 bits per heavy atom. The summed E-state index contributed by atoms with van der Waals surface area (Å²) in [5.74, 6) is 0.0591. The molecule has 35 heavy (non-hydrogen) atoms. The van der Waals surface area contributed by atoms with Crippen LogP contribution in [0.2, 0.25) is 0 Å². The molecule has 0 radical (unpaired) electrons. The van der Waals surface area contributed by atoms with Gasteiger partial charge >= 0.3 is 5.97 Å². The van der Waals surface area contributed by atoms with E-state index in [1.165, 1.54) is 28.3 Å². The van der Waals surface area contributed by atoms with Crippen molar-refractivity contribution in [1.29, 1.82) is 0 Å². The second-order valence-corrected chi connectivity index (χ2v) is 10.7. The Kier molecular flexibility index (Phi) is 7.71. The lowest BCUT2D eigenvalue weighted by atomic mass is 9.88. The van der Waals surface area contributed by atoms with Gasteiger partial charge in [0.1, 0.15) is 5.00 Å². The van der Waals surface area contributed by atoms with E-state index in [0.717, 1.165) is 43.6 Å². The highest BCUT2D eigenvalue weighted by Crippen LogP contribution is 2.40. The van der Waals surface area contributed by atoms with Crippen LogP contribution in [-0.2, 0) is 22.4 Å². The highest BCUT2D eigenvalue weighted by atomic mass is 32.1. The number of hydrogen-bond donors (Lipinski definition) is 1. The molecule has 2 heterocycles. The minimum atomic E-state index is -0.404. The number of nitro groups is 1. The Bertz CT molecular complexity index is 1090. The van der Waals surface area contributed by atoms with Gasteiger partial charge in [0.05, 0.1) is 23.1 Å². The predicted molar refractivity (Wildman–Crippen MR) is 136 cm³/mol. The zero-order valence-electron chi connectivity index (χ0n) is 20.4. The summed E-state index contributed by atoms with van der Waals surface area (Å²) in [5, 5.41) is 14.5. The standard InChI is InChI=1S/C25H32N4O5S/c1-16(2)34-25(31)23-20-9-4-17(3)14-21(20)35-24(23)26-22(30)15-27-10-12-28(13-11-27)18-5-7-19(8-6-18)29(32)33/h5-8,16-17H,4,9-15H2,1-3H3,(H,26,30)/t17-/m0/s1. The lowest BCUT2D eigenvalue weighted by molar-refractivity contribution is -0.384. The number of carbonyl (C=O) groups is 2. The first-order chi connectivity index (χ1) is 16.7. The number of fused-ring (bicyclic) bond motifs is 1. The van der Waals surface area contributed by atoms with Crippen LogP contribution in [0.15, 0.2) is 24.3 Å². The largest absolute Gasteiger partial charge is 0.459 e. The van der Waals surface area contributed by atoms with Crippen LogP contribution in [0, 0.1) is 16.0 Å². The Morgan fingerprint density at radius 1 is 1.20 bits per heavy atom. The summed E-state index contributed by atoms with van der Waals surface area (Å²) >= 11 is 1.50. The number of piperazine rings is 1. The van der Waals surface area contributed by atoms with Crippen LogP contribution in [0.5, 0.6) is 0 Å². The maximum Gasteiger partial charge on any atom is 0.341 e. The molecule has 2 aliphatic rings. The molecule has 1 fully saturated rings. The number of benzene rings is 1. The van der Waals surface area contributed by atoms with Crippen LogP contribution in [-0.4, -0.2) is 60.5 Å². The molecule has 2 aromatic rings. The van der Waals surface area contributed by atoms with Crippen LogP contribution in [0.4, 0.5) is 16.4 Å². The normalized spacial score (nSPS) is 18.3. The molecule has 0 saturated carbocycles. The summed E-state index contributed by atoms with van der Waals surface area (Å²) < 4.78 is 5.50. The summed E-state index contributed by atoms with van der Waals surface area (Å²) in [4.78, 5) is 41.7. The van der Waals surface area contributed by atoms with E-state index in [4.69, 9.17) is 4.74 Å². The number of rotatable bonds is 7. The first-order valence-corrected chi connectivity index (χ1v) is 12.9. The van der Waals surface area contributed by atoms with Crippen molar-refractivity contribution in [1.82, 2.24) is 4.90 Å². The van der Waals surface area contributed by atoms with E-state index in [9.17, 15) is 19.7 Å². The highest BCUT2D eigenvalue weighted by molar-refractivity contribution is 7.17. The molecule has 1 aromatic carbocycles. The van der Waals surface area contributed by atoms with Crippen LogP contribution >= 0.6 is 11.3 Å². The molecule has 0 spiro atoms.